The Balaban J connectivity index is 1.00. The van der Waals surface area contributed by atoms with Gasteiger partial charge in [0.2, 0.25) is 11.8 Å². The number of ether oxygens (including phenoxy) is 2. The standard InChI is InChI=1S/C43H49ClN8O6/c1-21(2)33(48-42(55)57-5)40(53)51-17-7-8-30(51)38-45-29-16-14-26-18-25(13-15-28(26)36(29)47-38)23-9-11-24(12-10-23)35-37(44)50-39(46-35)32-20-27-19-31(27)52(32)41(54)34(22(3)4)49-43(56)58-6/h9-16,18,21-22,27,30-34H,7-8,17,19-20H2,1-6H3,(H,45,47)(H,46,50)(H,48,55)(H,49,56)/t27-,30+,31-,32+,33+,34?/m1/s1. The summed E-state index contributed by atoms with van der Waals surface area (Å²) >= 11 is 6.78. The van der Waals surface area contributed by atoms with Crippen LogP contribution < -0.4 is 10.6 Å². The molecular weight excluding hydrogens is 760 g/mol. The van der Waals surface area contributed by atoms with Crippen molar-refractivity contribution in [3.8, 4) is 22.4 Å². The SMILES string of the molecule is COC(=O)NC(C(=O)N1[C@@H]2C[C@@H]2C[C@H]1c1nc(-c2ccc(-c3ccc4c(ccc5[nH]c([C@@H]6CCCN6C(=O)[C@@H](NC(=O)OC)C(C)C)nc54)c3)cc2)c(Cl)[nH]1)C(C)C. The number of aromatic amines is 2. The Labute approximate surface area is 341 Å². The molecule has 0 radical (unpaired) electrons. The van der Waals surface area contributed by atoms with E-state index in [2.05, 4.69) is 44.9 Å². The Bertz CT molecular complexity index is 2390. The molecule has 4 heterocycles. The first-order valence-corrected chi connectivity index (χ1v) is 20.3. The fraction of sp³-hybridized carbons (Fsp3) is 0.442. The maximum atomic E-state index is 13.9. The summed E-state index contributed by atoms with van der Waals surface area (Å²) in [6.45, 7) is 8.19. The molecule has 3 aromatic carbocycles. The number of hydrogen-bond acceptors (Lipinski definition) is 8. The van der Waals surface area contributed by atoms with E-state index < -0.39 is 24.3 Å². The zero-order valence-corrected chi connectivity index (χ0v) is 34.2. The summed E-state index contributed by atoms with van der Waals surface area (Å²) in [5.41, 5.74) is 5.24. The number of carbonyl (C=O) groups excluding carboxylic acids is 4. The van der Waals surface area contributed by atoms with E-state index >= 15 is 0 Å². The summed E-state index contributed by atoms with van der Waals surface area (Å²) in [4.78, 5) is 72.1. The minimum atomic E-state index is -0.716. The molecule has 15 heteroatoms. The molecule has 4 N–H and O–H groups in total. The number of rotatable bonds is 10. The number of piperidine rings is 1. The number of nitrogens with one attached hydrogen (secondary N) is 4. The Morgan fingerprint density at radius 2 is 1.41 bits per heavy atom. The Morgan fingerprint density at radius 1 is 0.776 bits per heavy atom. The number of amides is 4. The van der Waals surface area contributed by atoms with Crippen molar-refractivity contribution in [2.24, 2.45) is 17.8 Å². The molecule has 0 bridgehead atoms. The van der Waals surface area contributed by atoms with E-state index in [4.69, 9.17) is 31.0 Å². The number of benzene rings is 3. The highest BCUT2D eigenvalue weighted by molar-refractivity contribution is 6.32. The Morgan fingerprint density at radius 3 is 2.09 bits per heavy atom. The van der Waals surface area contributed by atoms with E-state index in [-0.39, 0.29) is 41.8 Å². The fourth-order valence-corrected chi connectivity index (χ4v) is 9.02. The van der Waals surface area contributed by atoms with Crippen molar-refractivity contribution in [1.29, 1.82) is 0 Å². The van der Waals surface area contributed by atoms with E-state index in [1.165, 1.54) is 14.2 Å². The number of nitrogens with zero attached hydrogens (tertiary/aromatic N) is 4. The molecule has 6 atom stereocenters. The van der Waals surface area contributed by atoms with E-state index in [9.17, 15) is 19.2 Å². The maximum Gasteiger partial charge on any atom is 0.407 e. The summed E-state index contributed by atoms with van der Waals surface area (Å²) in [7, 11) is 2.58. The van der Waals surface area contributed by atoms with Gasteiger partial charge in [-0.05, 0) is 72.1 Å². The van der Waals surface area contributed by atoms with Gasteiger partial charge in [0.1, 0.15) is 34.6 Å². The van der Waals surface area contributed by atoms with E-state index in [0.717, 1.165) is 70.0 Å². The number of methoxy groups -OCH3 is 2. The third kappa shape index (κ3) is 7.22. The maximum absolute atomic E-state index is 13.9. The summed E-state index contributed by atoms with van der Waals surface area (Å²) in [6, 6.07) is 16.7. The van der Waals surface area contributed by atoms with Crippen LogP contribution in [0.5, 0.6) is 0 Å². The van der Waals surface area contributed by atoms with Crippen molar-refractivity contribution >= 4 is 57.4 Å². The molecule has 2 aromatic heterocycles. The van der Waals surface area contributed by atoms with Gasteiger partial charge in [-0.1, -0.05) is 81.8 Å². The summed E-state index contributed by atoms with van der Waals surface area (Å²) in [5.74, 6) is 1.23. The number of likely N-dealkylation sites (tertiary alicyclic amines) is 2. The van der Waals surface area contributed by atoms with Crippen molar-refractivity contribution in [3.05, 3.63) is 71.4 Å². The summed E-state index contributed by atoms with van der Waals surface area (Å²) in [6.07, 6.45) is 2.07. The van der Waals surface area contributed by atoms with E-state index in [0.29, 0.717) is 29.1 Å². The number of halogens is 1. The van der Waals surface area contributed by atoms with Crippen LogP contribution in [0.25, 0.3) is 44.2 Å². The molecule has 8 rings (SSSR count). The van der Waals surface area contributed by atoms with Crippen LogP contribution in [-0.4, -0.2) is 92.6 Å². The zero-order chi connectivity index (χ0) is 41.0. The molecule has 0 spiro atoms. The van der Waals surface area contributed by atoms with Gasteiger partial charge in [0, 0.05) is 23.5 Å². The summed E-state index contributed by atoms with van der Waals surface area (Å²) < 4.78 is 9.58. The number of hydrogen-bond donors (Lipinski definition) is 4. The largest absolute Gasteiger partial charge is 0.453 e. The normalized spacial score (nSPS) is 21.1. The quantitative estimate of drug-likeness (QED) is 0.112. The van der Waals surface area contributed by atoms with E-state index in [1.807, 2.05) is 67.8 Å². The molecule has 3 aliphatic rings. The molecule has 1 saturated carbocycles. The Kier molecular flexibility index (Phi) is 10.6. The lowest BCUT2D eigenvalue weighted by atomic mass is 9.99. The topological polar surface area (TPSA) is 175 Å². The third-order valence-electron chi connectivity index (χ3n) is 12.0. The smallest absolute Gasteiger partial charge is 0.407 e. The lowest BCUT2D eigenvalue weighted by Gasteiger charge is -2.31. The molecule has 2 saturated heterocycles. The number of H-pyrrole nitrogens is 2. The van der Waals surface area contributed by atoms with Crippen molar-refractivity contribution < 1.29 is 28.7 Å². The number of aromatic nitrogens is 4. The van der Waals surface area contributed by atoms with Gasteiger partial charge in [-0.3, -0.25) is 9.59 Å². The average Bonchev–Trinajstić information content (AvgIpc) is 3.66. The van der Waals surface area contributed by atoms with Crippen LogP contribution >= 0.6 is 11.6 Å². The number of carbonyl (C=O) groups is 4. The summed E-state index contributed by atoms with van der Waals surface area (Å²) in [5, 5.41) is 7.86. The van der Waals surface area contributed by atoms with Gasteiger partial charge in [-0.2, -0.15) is 0 Å². The molecule has 3 fully saturated rings. The van der Waals surface area contributed by atoms with Crippen LogP contribution in [0.2, 0.25) is 5.15 Å². The van der Waals surface area contributed by atoms with Crippen LogP contribution in [0.3, 0.4) is 0 Å². The lowest BCUT2D eigenvalue weighted by Crippen LogP contribution is -2.52. The van der Waals surface area contributed by atoms with Gasteiger partial charge in [0.05, 0.1) is 37.3 Å². The Hall–Kier alpha value is -5.63. The molecule has 1 aliphatic carbocycles. The number of imidazole rings is 2. The lowest BCUT2D eigenvalue weighted by molar-refractivity contribution is -0.137. The zero-order valence-electron chi connectivity index (χ0n) is 33.5. The van der Waals surface area contributed by atoms with Crippen LogP contribution in [0.1, 0.15) is 77.1 Å². The monoisotopic (exact) mass is 808 g/mol. The van der Waals surface area contributed by atoms with Gasteiger partial charge in [0.15, 0.2) is 0 Å². The molecular formula is C43H49ClN8O6. The minimum absolute atomic E-state index is 0.117. The van der Waals surface area contributed by atoms with Gasteiger partial charge in [-0.25, -0.2) is 19.6 Å². The second-order valence-corrected chi connectivity index (χ2v) is 16.7. The van der Waals surface area contributed by atoms with Gasteiger partial charge >= 0.3 is 12.2 Å². The molecule has 304 valence electrons. The minimum Gasteiger partial charge on any atom is -0.453 e. The highest BCUT2D eigenvalue weighted by atomic mass is 35.5. The third-order valence-corrected chi connectivity index (χ3v) is 12.2. The number of fused-ring (bicyclic) bond motifs is 4. The van der Waals surface area contributed by atoms with Gasteiger partial charge in [0.25, 0.3) is 0 Å². The van der Waals surface area contributed by atoms with Crippen LogP contribution in [0.15, 0.2) is 54.6 Å². The van der Waals surface area contributed by atoms with Crippen LogP contribution in [0.4, 0.5) is 9.59 Å². The fourth-order valence-electron chi connectivity index (χ4n) is 8.77. The average molecular weight is 809 g/mol. The van der Waals surface area contributed by atoms with Crippen molar-refractivity contribution in [1.82, 2.24) is 40.4 Å². The van der Waals surface area contributed by atoms with Crippen molar-refractivity contribution in [2.75, 3.05) is 20.8 Å². The molecule has 1 unspecified atom stereocenters. The molecule has 14 nitrogen and oxygen atoms in total. The molecule has 58 heavy (non-hydrogen) atoms. The molecule has 2 aliphatic heterocycles. The first-order chi connectivity index (χ1) is 27.9. The highest BCUT2D eigenvalue weighted by Gasteiger charge is 2.56. The second-order valence-electron chi connectivity index (χ2n) is 16.3. The van der Waals surface area contributed by atoms with Crippen molar-refractivity contribution in [2.45, 2.75) is 83.6 Å². The van der Waals surface area contributed by atoms with Crippen LogP contribution in [0, 0.1) is 17.8 Å². The predicted molar refractivity (Wildman–Crippen MR) is 220 cm³/mol. The molecule has 4 amide bonds. The van der Waals surface area contributed by atoms with Crippen LogP contribution in [-0.2, 0) is 19.1 Å². The first kappa shape index (κ1) is 39.2. The van der Waals surface area contributed by atoms with E-state index in [1.54, 1.807) is 0 Å². The van der Waals surface area contributed by atoms with Gasteiger partial charge in [-0.15, -0.1) is 0 Å². The molecule has 5 aromatic rings. The van der Waals surface area contributed by atoms with Gasteiger partial charge < -0.3 is 39.9 Å². The number of alkyl carbamates (subject to hydrolysis) is 2. The predicted octanol–water partition coefficient (Wildman–Crippen LogP) is 7.51. The first-order valence-electron chi connectivity index (χ1n) is 20.0. The highest BCUT2D eigenvalue weighted by Crippen LogP contribution is 2.54. The van der Waals surface area contributed by atoms with Crippen molar-refractivity contribution in [3.63, 3.8) is 0 Å². The second kappa shape index (κ2) is 15.6.